The average molecular weight is 1360 g/mol. The molecule has 0 aromatic heterocycles. The fourth-order valence-corrected chi connectivity index (χ4v) is 12.3. The van der Waals surface area contributed by atoms with Crippen LogP contribution >= 0.6 is 23.5 Å². The standard InChI is InChI=1S/C60H91N15O17S2/c1-7-32(5)47(61)56(87)74-24-15-20-43(74)45(28-46(78)79)92-58(90)38(22-26-93-6)68-53(85)42-31-94-54(71-42)44-21-16-25-75(44)55(86)37(19-14-23-64-59(62)63)67-48(80)34(8-2)65-51(83)40(29-76)69-49(81)35(9-3)66-52(84)41(30-77)70-50(82)36(10-4)72-60(91)73-39(57(88)89)27-33-17-12-11-13-18-33/h8-13,17-18,32,37-45,47,54,71,76-77H,7,14-16,19-31,61H2,1-6H3,(H,65,83)(H,66,84)(H,67,80)(H,68,85)(H,69,81)(H,70,82)(H,78,79)(H,88,89)(H4,62,63,64)(H2,72,73,91)/b34-8-,35-9-,36-10-/t32-,37-,38-,39-,40-,41-,42?,43-,44-,45-,47-,54-/m0/s1. The molecule has 10 amide bonds. The van der Waals surface area contributed by atoms with Crippen LogP contribution in [-0.4, -0.2) is 224 Å². The Hall–Kier alpha value is -8.31. The summed E-state index contributed by atoms with van der Waals surface area (Å²) in [5, 5.41) is 61.7. The minimum atomic E-state index is -1.78. The number of nitrogens with one attached hydrogen (secondary N) is 9. The Labute approximate surface area is 553 Å². The third-order valence-corrected chi connectivity index (χ3v) is 17.9. The molecule has 34 heteroatoms. The number of carbonyl (C=O) groups excluding carboxylic acids is 10. The van der Waals surface area contributed by atoms with Crippen LogP contribution in [0.4, 0.5) is 4.79 Å². The number of carboxylic acid groups (broad SMARTS) is 2. The van der Waals surface area contributed by atoms with E-state index in [4.69, 9.17) is 21.9 Å². The molecule has 4 rings (SSSR count). The number of rotatable bonds is 36. The van der Waals surface area contributed by atoms with Gasteiger partial charge in [-0.1, -0.05) is 68.8 Å². The van der Waals surface area contributed by atoms with Crippen LogP contribution in [0.1, 0.15) is 98.0 Å². The molecule has 3 aliphatic rings. The van der Waals surface area contributed by atoms with Crippen LogP contribution < -0.4 is 65.1 Å². The molecule has 1 unspecified atom stereocenters. The van der Waals surface area contributed by atoms with Gasteiger partial charge in [-0.15, -0.1) is 11.8 Å². The third-order valence-electron chi connectivity index (χ3n) is 15.9. The molecule has 19 N–H and O–H groups in total. The number of guanidine groups is 1. The lowest BCUT2D eigenvalue weighted by atomic mass is 9.97. The van der Waals surface area contributed by atoms with E-state index in [-0.39, 0.29) is 62.3 Å². The van der Waals surface area contributed by atoms with E-state index >= 15 is 0 Å². The van der Waals surface area contributed by atoms with Gasteiger partial charge in [0.2, 0.25) is 29.5 Å². The van der Waals surface area contributed by atoms with Crippen molar-refractivity contribution in [1.82, 2.24) is 57.7 Å². The highest BCUT2D eigenvalue weighted by Crippen LogP contribution is 2.32. The first-order valence-electron chi connectivity index (χ1n) is 30.9. The molecule has 3 saturated heterocycles. The van der Waals surface area contributed by atoms with Crippen LogP contribution in [-0.2, 0) is 63.9 Å². The van der Waals surface area contributed by atoms with E-state index in [0.717, 1.165) is 12.2 Å². The molecule has 32 nitrogen and oxygen atoms in total. The van der Waals surface area contributed by atoms with Crippen molar-refractivity contribution in [2.45, 2.75) is 165 Å². The first-order valence-corrected chi connectivity index (χ1v) is 33.3. The number of aliphatic carboxylic acids is 2. The Morgan fingerprint density at radius 2 is 1.31 bits per heavy atom. The Bertz CT molecular complexity index is 2970. The maximum absolute atomic E-state index is 14.7. The molecule has 1 aromatic rings. The molecule has 1 aromatic carbocycles. The van der Waals surface area contributed by atoms with Crippen molar-refractivity contribution < 1.29 is 82.7 Å². The largest absolute Gasteiger partial charge is 0.481 e. The molecule has 3 heterocycles. The van der Waals surface area contributed by atoms with Gasteiger partial charge in [0.1, 0.15) is 53.4 Å². The summed E-state index contributed by atoms with van der Waals surface area (Å²) in [4.78, 5) is 168. The number of thioether (sulfide) groups is 2. The maximum atomic E-state index is 14.7. The highest BCUT2D eigenvalue weighted by atomic mass is 32.2. The number of carboxylic acids is 2. The zero-order valence-corrected chi connectivity index (χ0v) is 55.2. The van der Waals surface area contributed by atoms with Crippen LogP contribution in [0, 0.1) is 5.92 Å². The summed E-state index contributed by atoms with van der Waals surface area (Å²) >= 11 is 2.78. The summed E-state index contributed by atoms with van der Waals surface area (Å²) in [6, 6.07) is -2.97. The summed E-state index contributed by atoms with van der Waals surface area (Å²) in [7, 11) is 0. The minimum absolute atomic E-state index is 0.00359. The molecule has 94 heavy (non-hydrogen) atoms. The number of aliphatic imine (C=N–C) groups is 1. The van der Waals surface area contributed by atoms with Crippen LogP contribution in [0.15, 0.2) is 70.6 Å². The molecule has 0 spiro atoms. The van der Waals surface area contributed by atoms with Crippen LogP contribution in [0.5, 0.6) is 0 Å². The number of ether oxygens (including phenoxy) is 1. The first kappa shape index (κ1) is 78.1. The maximum Gasteiger partial charge on any atom is 0.329 e. The molecular formula is C60H91N15O17S2. The van der Waals surface area contributed by atoms with Crippen LogP contribution in [0.2, 0.25) is 0 Å². The van der Waals surface area contributed by atoms with E-state index in [0.29, 0.717) is 50.0 Å². The fourth-order valence-electron chi connectivity index (χ4n) is 10.5. The molecule has 12 atom stereocenters. The number of urea groups is 1. The number of benzene rings is 1. The monoisotopic (exact) mass is 1360 g/mol. The summed E-state index contributed by atoms with van der Waals surface area (Å²) in [5.74, 6) is -10.1. The smallest absolute Gasteiger partial charge is 0.329 e. The van der Waals surface area contributed by atoms with Crippen molar-refractivity contribution in [1.29, 1.82) is 0 Å². The highest BCUT2D eigenvalue weighted by Gasteiger charge is 2.45. The lowest BCUT2D eigenvalue weighted by molar-refractivity contribution is -0.162. The van der Waals surface area contributed by atoms with E-state index < -0.39 is 168 Å². The van der Waals surface area contributed by atoms with Crippen molar-refractivity contribution in [3.63, 3.8) is 0 Å². The number of carbonyl (C=O) groups is 12. The van der Waals surface area contributed by atoms with Gasteiger partial charge >= 0.3 is 23.9 Å². The number of amides is 10. The fraction of sp³-hybridized carbons (Fsp3) is 0.583. The molecule has 3 fully saturated rings. The predicted molar refractivity (Wildman–Crippen MR) is 348 cm³/mol. The van der Waals surface area contributed by atoms with Crippen LogP contribution in [0.3, 0.4) is 0 Å². The summed E-state index contributed by atoms with van der Waals surface area (Å²) in [6.07, 6.45) is 6.28. The van der Waals surface area contributed by atoms with Gasteiger partial charge in [-0.2, -0.15) is 11.8 Å². The minimum Gasteiger partial charge on any atom is -0.481 e. The van der Waals surface area contributed by atoms with Gasteiger partial charge in [-0.25, -0.2) is 14.4 Å². The van der Waals surface area contributed by atoms with E-state index in [1.54, 1.807) is 35.2 Å². The van der Waals surface area contributed by atoms with E-state index in [1.807, 2.05) is 20.1 Å². The van der Waals surface area contributed by atoms with Crippen molar-refractivity contribution in [2.75, 3.05) is 50.6 Å². The second-order valence-electron chi connectivity index (χ2n) is 22.4. The van der Waals surface area contributed by atoms with Gasteiger partial charge in [0.05, 0.1) is 49.2 Å². The van der Waals surface area contributed by atoms with Gasteiger partial charge in [-0.05, 0) is 89.2 Å². The third kappa shape index (κ3) is 23.6. The van der Waals surface area contributed by atoms with E-state index in [9.17, 15) is 78.0 Å². The van der Waals surface area contributed by atoms with Gasteiger partial charge in [-0.3, -0.25) is 53.5 Å². The number of nitrogens with zero attached hydrogens (tertiary/aromatic N) is 3. The number of allylic oxidation sites excluding steroid dienone is 3. The molecule has 0 radical (unpaired) electrons. The van der Waals surface area contributed by atoms with Gasteiger partial charge < -0.3 is 94.7 Å². The van der Waals surface area contributed by atoms with Crippen molar-refractivity contribution >= 4 is 101 Å². The first-order chi connectivity index (χ1) is 44.7. The molecular weight excluding hydrogens is 1270 g/mol. The molecule has 0 aliphatic carbocycles. The van der Waals surface area contributed by atoms with Gasteiger partial charge in [0.25, 0.3) is 17.7 Å². The summed E-state index contributed by atoms with van der Waals surface area (Å²) in [6.45, 7) is 6.37. The van der Waals surface area contributed by atoms with E-state index in [1.165, 1.54) is 55.3 Å². The van der Waals surface area contributed by atoms with Crippen molar-refractivity contribution in [3.8, 4) is 0 Å². The number of aliphatic hydroxyl groups is 2. The normalized spacial score (nSPS) is 19.9. The number of hydrogen-bond donors (Lipinski definition) is 16. The molecule has 0 saturated carbocycles. The average Bonchev–Trinajstić information content (AvgIpc) is 1.65. The van der Waals surface area contributed by atoms with Crippen LogP contribution in [0.25, 0.3) is 0 Å². The zero-order valence-electron chi connectivity index (χ0n) is 53.6. The lowest BCUT2D eigenvalue weighted by Gasteiger charge is -2.34. The van der Waals surface area contributed by atoms with Crippen molar-refractivity contribution in [3.05, 3.63) is 71.2 Å². The zero-order chi connectivity index (χ0) is 69.8. The SMILES string of the molecule is C/C=C(\NC(=O)N[C@@H](Cc1ccccc1)C(=O)O)C(=O)N[C@@H](CO)C(=O)N/C(=C\C)C(=O)N[C@@H](CO)C(=O)N/C(=C\C)C(=O)N[C@@H](CCCN=C(N)N)C(=O)N1CCC[C@H]1[C@H]1NC(C(=O)N[C@@H](CCSC)C(=O)O[C@@H](CC(=O)O)[C@@H]2CCCN2C(=O)[C@@H](N)[C@@H](C)CC)CS1. The summed E-state index contributed by atoms with van der Waals surface area (Å²) in [5.41, 5.74) is 16.6. The van der Waals surface area contributed by atoms with Gasteiger partial charge in [0.15, 0.2) is 5.96 Å². The second kappa shape index (κ2) is 39.4. The molecule has 3 aliphatic heterocycles. The predicted octanol–water partition coefficient (Wildman–Crippen LogP) is -2.57. The Morgan fingerprint density at radius 1 is 0.745 bits per heavy atom. The quantitative estimate of drug-likeness (QED) is 0.0108. The molecule has 0 bridgehead atoms. The van der Waals surface area contributed by atoms with Crippen molar-refractivity contribution in [2.24, 2.45) is 28.1 Å². The van der Waals surface area contributed by atoms with E-state index in [2.05, 4.69) is 52.8 Å². The lowest BCUT2D eigenvalue weighted by Crippen LogP contribution is -2.57. The Balaban J connectivity index is 1.39. The van der Waals surface area contributed by atoms with Gasteiger partial charge in [0, 0.05) is 31.8 Å². The molecule has 520 valence electrons. The Kier molecular flexibility index (Phi) is 32.8. The number of nitrogens with two attached hydrogens (primary N) is 3. The number of likely N-dealkylation sites (tertiary alicyclic amines) is 2. The second-order valence-corrected chi connectivity index (χ2v) is 24.6. The topological polar surface area (TPSA) is 500 Å². The summed E-state index contributed by atoms with van der Waals surface area (Å²) < 4.78 is 5.90. The number of aliphatic hydroxyl groups excluding tert-OH is 2. The number of hydrogen-bond acceptors (Lipinski definition) is 20. The Morgan fingerprint density at radius 3 is 1.84 bits per heavy atom. The highest BCUT2D eigenvalue weighted by molar-refractivity contribution is 8.00. The number of esters is 1.